The van der Waals surface area contributed by atoms with E-state index in [4.69, 9.17) is 17.3 Å². The van der Waals surface area contributed by atoms with Gasteiger partial charge in [-0.15, -0.1) is 10.2 Å². The van der Waals surface area contributed by atoms with Crippen LogP contribution in [0, 0.1) is 4.77 Å². The van der Waals surface area contributed by atoms with Crippen molar-refractivity contribution in [1.29, 1.82) is 0 Å². The van der Waals surface area contributed by atoms with Gasteiger partial charge in [-0.25, -0.2) is 0 Å². The zero-order chi connectivity index (χ0) is 11.5. The van der Waals surface area contributed by atoms with Gasteiger partial charge in [0.05, 0.1) is 18.8 Å². The Bertz CT molecular complexity index is 526. The molecular weight excluding hydrogens is 226 g/mol. The van der Waals surface area contributed by atoms with Crippen LogP contribution in [0.1, 0.15) is 18.4 Å². The summed E-state index contributed by atoms with van der Waals surface area (Å²) in [5.41, 5.74) is 0.746. The minimum atomic E-state index is -0.0482. The average molecular weight is 239 g/mol. The first-order chi connectivity index (χ1) is 7.76. The number of H-pyrrole nitrogens is 1. The first-order valence-corrected chi connectivity index (χ1v) is 5.41. The number of hydrogen-bond donors (Lipinski definition) is 2. The third kappa shape index (κ3) is 1.91. The average Bonchev–Trinajstić information content (AvgIpc) is 2.87. The van der Waals surface area contributed by atoms with E-state index in [1.165, 1.54) is 0 Å². The number of aromatic nitrogens is 5. The van der Waals surface area contributed by atoms with Gasteiger partial charge in [0, 0.05) is 12.7 Å². The topological polar surface area (TPSA) is 71.7 Å². The molecule has 0 spiro atoms. The minimum absolute atomic E-state index is 0.0482. The standard InChI is InChI=1S/C9H13N5OS/c1-2-13-6-11-12-8(13)4-14-7(5-15)3-10-9(14)16/h3,6,15H,2,4-5H2,1H3,(H,10,16). The van der Waals surface area contributed by atoms with Gasteiger partial charge in [0.15, 0.2) is 10.6 Å². The van der Waals surface area contributed by atoms with Gasteiger partial charge in [0.1, 0.15) is 6.33 Å². The van der Waals surface area contributed by atoms with Crippen molar-refractivity contribution in [1.82, 2.24) is 24.3 Å². The molecule has 0 aliphatic carbocycles. The molecule has 0 unspecified atom stereocenters. The first-order valence-electron chi connectivity index (χ1n) is 5.01. The number of aryl methyl sites for hydroxylation is 1. The van der Waals surface area contributed by atoms with Crippen LogP contribution >= 0.6 is 12.2 Å². The summed E-state index contributed by atoms with van der Waals surface area (Å²) < 4.78 is 4.33. The van der Waals surface area contributed by atoms with Gasteiger partial charge in [-0.05, 0) is 19.1 Å². The van der Waals surface area contributed by atoms with Crippen LogP contribution in [0.3, 0.4) is 0 Å². The van der Waals surface area contributed by atoms with E-state index >= 15 is 0 Å². The summed E-state index contributed by atoms with van der Waals surface area (Å²) in [5.74, 6) is 0.827. The highest BCUT2D eigenvalue weighted by Gasteiger charge is 2.08. The lowest BCUT2D eigenvalue weighted by molar-refractivity contribution is 0.271. The van der Waals surface area contributed by atoms with Gasteiger partial charge in [-0.3, -0.25) is 0 Å². The van der Waals surface area contributed by atoms with Crippen LogP contribution in [-0.2, 0) is 19.7 Å². The molecule has 0 radical (unpaired) electrons. The highest BCUT2D eigenvalue weighted by molar-refractivity contribution is 7.71. The van der Waals surface area contributed by atoms with Crippen LogP contribution in [0.15, 0.2) is 12.5 Å². The molecule has 0 bridgehead atoms. The normalized spacial score (nSPS) is 10.9. The maximum absolute atomic E-state index is 9.16. The Morgan fingerprint density at radius 3 is 3.06 bits per heavy atom. The molecule has 0 aromatic carbocycles. The second-order valence-electron chi connectivity index (χ2n) is 3.36. The predicted molar refractivity (Wildman–Crippen MR) is 60.3 cm³/mol. The third-order valence-corrected chi connectivity index (χ3v) is 2.79. The zero-order valence-electron chi connectivity index (χ0n) is 8.92. The summed E-state index contributed by atoms with van der Waals surface area (Å²) in [6.45, 7) is 3.31. The smallest absolute Gasteiger partial charge is 0.177 e. The van der Waals surface area contributed by atoms with Crippen molar-refractivity contribution in [2.24, 2.45) is 0 Å². The summed E-state index contributed by atoms with van der Waals surface area (Å²) in [4.78, 5) is 2.90. The van der Waals surface area contributed by atoms with Crippen LogP contribution in [0.25, 0.3) is 0 Å². The number of nitrogens with zero attached hydrogens (tertiary/aromatic N) is 4. The molecule has 0 saturated carbocycles. The molecule has 6 nitrogen and oxygen atoms in total. The highest BCUT2D eigenvalue weighted by Crippen LogP contribution is 2.06. The minimum Gasteiger partial charge on any atom is -0.390 e. The van der Waals surface area contributed by atoms with E-state index in [-0.39, 0.29) is 6.61 Å². The van der Waals surface area contributed by atoms with E-state index in [0.29, 0.717) is 11.3 Å². The second kappa shape index (κ2) is 4.58. The van der Waals surface area contributed by atoms with Crippen molar-refractivity contribution in [2.75, 3.05) is 0 Å². The lowest BCUT2D eigenvalue weighted by Crippen LogP contribution is -2.10. The molecule has 0 aliphatic rings. The van der Waals surface area contributed by atoms with Crippen molar-refractivity contribution in [3.63, 3.8) is 0 Å². The van der Waals surface area contributed by atoms with Crippen molar-refractivity contribution >= 4 is 12.2 Å². The van der Waals surface area contributed by atoms with E-state index in [9.17, 15) is 0 Å². The number of hydrogen-bond acceptors (Lipinski definition) is 4. The van der Waals surface area contributed by atoms with Crippen molar-refractivity contribution < 1.29 is 5.11 Å². The Balaban J connectivity index is 2.33. The molecule has 86 valence electrons. The van der Waals surface area contributed by atoms with Crippen LogP contribution in [0.5, 0.6) is 0 Å². The van der Waals surface area contributed by atoms with E-state index < -0.39 is 0 Å². The van der Waals surface area contributed by atoms with E-state index in [1.807, 2.05) is 16.1 Å². The predicted octanol–water partition coefficient (Wildman–Crippen LogP) is 0.698. The second-order valence-corrected chi connectivity index (χ2v) is 3.75. The number of imidazole rings is 1. The number of aromatic amines is 1. The Morgan fingerprint density at radius 2 is 2.38 bits per heavy atom. The fourth-order valence-corrected chi connectivity index (χ4v) is 1.78. The lowest BCUT2D eigenvalue weighted by Gasteiger charge is -2.06. The van der Waals surface area contributed by atoms with Gasteiger partial charge in [0.25, 0.3) is 0 Å². The van der Waals surface area contributed by atoms with E-state index in [1.54, 1.807) is 12.5 Å². The zero-order valence-corrected chi connectivity index (χ0v) is 9.74. The Hall–Kier alpha value is -1.47. The maximum Gasteiger partial charge on any atom is 0.177 e. The summed E-state index contributed by atoms with van der Waals surface area (Å²) in [6, 6.07) is 0. The molecular formula is C9H13N5OS. The molecule has 2 aromatic heterocycles. The van der Waals surface area contributed by atoms with Gasteiger partial charge in [-0.1, -0.05) is 0 Å². The molecule has 0 atom stereocenters. The number of nitrogens with one attached hydrogen (secondary N) is 1. The summed E-state index contributed by atoms with van der Waals surface area (Å²) in [7, 11) is 0. The van der Waals surface area contributed by atoms with Crippen LogP contribution < -0.4 is 0 Å². The van der Waals surface area contributed by atoms with Crippen molar-refractivity contribution in [3.8, 4) is 0 Å². The Kier molecular flexibility index (Phi) is 3.16. The molecule has 0 saturated heterocycles. The lowest BCUT2D eigenvalue weighted by atomic mass is 10.4. The molecule has 2 N–H and O–H groups in total. The largest absolute Gasteiger partial charge is 0.390 e. The molecule has 2 rings (SSSR count). The van der Waals surface area contributed by atoms with Crippen molar-refractivity contribution in [3.05, 3.63) is 28.8 Å². The molecule has 0 aliphatic heterocycles. The highest BCUT2D eigenvalue weighted by atomic mass is 32.1. The summed E-state index contributed by atoms with van der Waals surface area (Å²) in [6.07, 6.45) is 3.39. The molecule has 2 aromatic rings. The quantitative estimate of drug-likeness (QED) is 0.770. The molecule has 16 heavy (non-hydrogen) atoms. The number of rotatable bonds is 4. The summed E-state index contributed by atoms with van der Waals surface area (Å²) in [5, 5.41) is 17.0. The van der Waals surface area contributed by atoms with Gasteiger partial charge in [0.2, 0.25) is 0 Å². The monoisotopic (exact) mass is 239 g/mol. The first kappa shape index (κ1) is 11.0. The van der Waals surface area contributed by atoms with Gasteiger partial charge < -0.3 is 19.2 Å². The van der Waals surface area contributed by atoms with Crippen LogP contribution in [-0.4, -0.2) is 29.4 Å². The van der Waals surface area contributed by atoms with Crippen LogP contribution in [0.4, 0.5) is 0 Å². The number of aliphatic hydroxyl groups is 1. The van der Waals surface area contributed by atoms with Crippen LogP contribution in [0.2, 0.25) is 0 Å². The third-order valence-electron chi connectivity index (χ3n) is 2.45. The fraction of sp³-hybridized carbons (Fsp3) is 0.444. The van der Waals surface area contributed by atoms with E-state index in [0.717, 1.165) is 18.1 Å². The van der Waals surface area contributed by atoms with Gasteiger partial charge in [-0.2, -0.15) is 0 Å². The van der Waals surface area contributed by atoms with E-state index in [2.05, 4.69) is 15.2 Å². The van der Waals surface area contributed by atoms with Gasteiger partial charge >= 0.3 is 0 Å². The SMILES string of the molecule is CCn1cnnc1Cn1c(CO)c[nH]c1=S. The molecule has 0 amide bonds. The Morgan fingerprint density at radius 1 is 1.56 bits per heavy atom. The number of aliphatic hydroxyl groups excluding tert-OH is 1. The summed E-state index contributed by atoms with van der Waals surface area (Å²) >= 11 is 5.13. The Labute approximate surface area is 97.6 Å². The molecule has 0 fully saturated rings. The molecule has 2 heterocycles. The molecule has 7 heteroatoms. The maximum atomic E-state index is 9.16. The van der Waals surface area contributed by atoms with Crippen molar-refractivity contribution in [2.45, 2.75) is 26.6 Å². The fourth-order valence-electron chi connectivity index (χ4n) is 1.54.